The SMILES string of the molecule is CC(=O)N(CCN1CCOCC1)C1CCSc2ccccc21.O=C(O)C=CC(=O)O. The summed E-state index contributed by atoms with van der Waals surface area (Å²) < 4.78 is 5.39. The van der Waals surface area contributed by atoms with Gasteiger partial charge in [0, 0.05) is 55.9 Å². The molecule has 3 rings (SSSR count). The van der Waals surface area contributed by atoms with Crippen molar-refractivity contribution in [3.63, 3.8) is 0 Å². The van der Waals surface area contributed by atoms with E-state index in [9.17, 15) is 14.4 Å². The van der Waals surface area contributed by atoms with Crippen molar-refractivity contribution in [3.8, 4) is 0 Å². The Morgan fingerprint density at radius 2 is 1.80 bits per heavy atom. The van der Waals surface area contributed by atoms with Crippen molar-refractivity contribution >= 4 is 29.6 Å². The third-order valence-corrected chi connectivity index (χ3v) is 5.96. The minimum atomic E-state index is -1.26. The Labute approximate surface area is 180 Å². The van der Waals surface area contributed by atoms with Gasteiger partial charge in [0.15, 0.2) is 0 Å². The van der Waals surface area contributed by atoms with Crippen molar-refractivity contribution in [2.24, 2.45) is 0 Å². The molecule has 164 valence electrons. The van der Waals surface area contributed by atoms with Gasteiger partial charge < -0.3 is 19.8 Å². The summed E-state index contributed by atoms with van der Waals surface area (Å²) in [5.41, 5.74) is 1.32. The fraction of sp³-hybridized carbons (Fsp3) is 0.476. The lowest BCUT2D eigenvalue weighted by atomic mass is 10.0. The first-order valence-corrected chi connectivity index (χ1v) is 10.8. The predicted octanol–water partition coefficient (Wildman–Crippen LogP) is 2.12. The number of morpholine rings is 1. The Morgan fingerprint density at radius 3 is 2.40 bits per heavy atom. The minimum Gasteiger partial charge on any atom is -0.478 e. The third-order valence-electron chi connectivity index (χ3n) is 4.84. The normalized spacial score (nSPS) is 18.8. The van der Waals surface area contributed by atoms with E-state index >= 15 is 0 Å². The summed E-state index contributed by atoms with van der Waals surface area (Å²) in [6.45, 7) is 7.01. The number of hydrogen-bond acceptors (Lipinski definition) is 6. The fourth-order valence-corrected chi connectivity index (χ4v) is 4.50. The van der Waals surface area contributed by atoms with Gasteiger partial charge in [-0.1, -0.05) is 18.2 Å². The lowest BCUT2D eigenvalue weighted by molar-refractivity contribution is -0.134. The van der Waals surface area contributed by atoms with Gasteiger partial charge in [-0.2, -0.15) is 0 Å². The van der Waals surface area contributed by atoms with Crippen LogP contribution in [0.3, 0.4) is 0 Å². The number of nitrogens with zero attached hydrogens (tertiary/aromatic N) is 2. The van der Waals surface area contributed by atoms with Crippen molar-refractivity contribution in [1.82, 2.24) is 9.80 Å². The van der Waals surface area contributed by atoms with Gasteiger partial charge in [-0.3, -0.25) is 9.69 Å². The summed E-state index contributed by atoms with van der Waals surface area (Å²) in [6, 6.07) is 8.75. The second-order valence-corrected chi connectivity index (χ2v) is 8.00. The number of carbonyl (C=O) groups is 3. The van der Waals surface area contributed by atoms with Gasteiger partial charge in [0.05, 0.1) is 19.3 Å². The molecule has 8 nitrogen and oxygen atoms in total. The molecule has 2 aliphatic rings. The molecule has 1 unspecified atom stereocenters. The lowest BCUT2D eigenvalue weighted by Crippen LogP contribution is -2.44. The fourth-order valence-electron chi connectivity index (χ4n) is 3.40. The number of carbonyl (C=O) groups excluding carboxylic acids is 1. The molecule has 1 fully saturated rings. The maximum atomic E-state index is 12.2. The van der Waals surface area contributed by atoms with E-state index in [-0.39, 0.29) is 11.9 Å². The van der Waals surface area contributed by atoms with Crippen LogP contribution < -0.4 is 0 Å². The van der Waals surface area contributed by atoms with Crippen LogP contribution in [0.5, 0.6) is 0 Å². The maximum Gasteiger partial charge on any atom is 0.328 e. The molecule has 2 N–H and O–H groups in total. The highest BCUT2D eigenvalue weighted by Gasteiger charge is 2.28. The van der Waals surface area contributed by atoms with Crippen LogP contribution in [-0.2, 0) is 19.1 Å². The smallest absolute Gasteiger partial charge is 0.328 e. The first-order chi connectivity index (χ1) is 14.4. The molecular formula is C21H28N2O6S. The Morgan fingerprint density at radius 1 is 1.17 bits per heavy atom. The number of thioether (sulfide) groups is 1. The van der Waals surface area contributed by atoms with Gasteiger partial charge in [-0.15, -0.1) is 11.8 Å². The highest BCUT2D eigenvalue weighted by atomic mass is 32.2. The first-order valence-electron chi connectivity index (χ1n) is 9.81. The van der Waals surface area contributed by atoms with Gasteiger partial charge in [-0.05, 0) is 18.1 Å². The number of rotatable bonds is 6. The van der Waals surface area contributed by atoms with E-state index in [1.165, 1.54) is 10.5 Å². The number of carboxylic acid groups (broad SMARTS) is 2. The van der Waals surface area contributed by atoms with Crippen molar-refractivity contribution in [1.29, 1.82) is 0 Å². The summed E-state index contributed by atoms with van der Waals surface area (Å²) in [7, 11) is 0. The molecule has 0 spiro atoms. The molecule has 1 amide bonds. The van der Waals surface area contributed by atoms with Gasteiger partial charge >= 0.3 is 11.9 Å². The highest BCUT2D eigenvalue weighted by Crippen LogP contribution is 2.39. The molecule has 1 aromatic carbocycles. The molecule has 0 aliphatic carbocycles. The number of fused-ring (bicyclic) bond motifs is 1. The van der Waals surface area contributed by atoms with Crippen LogP contribution in [0, 0.1) is 0 Å². The molecule has 0 radical (unpaired) electrons. The van der Waals surface area contributed by atoms with E-state index in [1.54, 1.807) is 6.92 Å². The molecule has 2 heterocycles. The maximum absolute atomic E-state index is 12.2. The molecule has 1 saturated heterocycles. The highest BCUT2D eigenvalue weighted by molar-refractivity contribution is 7.99. The average Bonchev–Trinajstić information content (AvgIpc) is 2.73. The Balaban J connectivity index is 0.000000343. The van der Waals surface area contributed by atoms with Crippen LogP contribution in [0.1, 0.15) is 24.9 Å². The largest absolute Gasteiger partial charge is 0.478 e. The lowest BCUT2D eigenvalue weighted by Gasteiger charge is -2.37. The van der Waals surface area contributed by atoms with E-state index in [4.69, 9.17) is 14.9 Å². The van der Waals surface area contributed by atoms with Crippen LogP contribution in [-0.4, -0.2) is 83.0 Å². The number of hydrogen-bond donors (Lipinski definition) is 2. The minimum absolute atomic E-state index is 0.181. The molecular weight excluding hydrogens is 408 g/mol. The average molecular weight is 437 g/mol. The van der Waals surface area contributed by atoms with Gasteiger partial charge in [0.25, 0.3) is 0 Å². The van der Waals surface area contributed by atoms with Crippen LogP contribution in [0.4, 0.5) is 0 Å². The van der Waals surface area contributed by atoms with Crippen LogP contribution in [0.2, 0.25) is 0 Å². The Kier molecular flexibility index (Phi) is 9.85. The monoisotopic (exact) mass is 436 g/mol. The van der Waals surface area contributed by atoms with Gasteiger partial charge in [0.2, 0.25) is 5.91 Å². The number of benzene rings is 1. The van der Waals surface area contributed by atoms with Crippen LogP contribution in [0.15, 0.2) is 41.3 Å². The van der Waals surface area contributed by atoms with Crippen molar-refractivity contribution < 1.29 is 29.3 Å². The third kappa shape index (κ3) is 7.81. The van der Waals surface area contributed by atoms with E-state index in [0.717, 1.165) is 51.6 Å². The topological polar surface area (TPSA) is 107 Å². The van der Waals surface area contributed by atoms with Gasteiger partial charge in [0.1, 0.15) is 0 Å². The quantitative estimate of drug-likeness (QED) is 0.653. The zero-order chi connectivity index (χ0) is 21.9. The van der Waals surface area contributed by atoms with Crippen molar-refractivity contribution in [3.05, 3.63) is 42.0 Å². The second kappa shape index (κ2) is 12.4. The number of ether oxygens (including phenoxy) is 1. The first kappa shape index (κ1) is 23.9. The second-order valence-electron chi connectivity index (χ2n) is 6.87. The Hall–Kier alpha value is -2.36. The summed E-state index contributed by atoms with van der Waals surface area (Å²) in [4.78, 5) is 37.1. The van der Waals surface area contributed by atoms with Crippen molar-refractivity contribution in [2.75, 3.05) is 45.1 Å². The zero-order valence-corrected chi connectivity index (χ0v) is 17.8. The Bertz CT molecular complexity index is 748. The molecule has 9 heteroatoms. The summed E-state index contributed by atoms with van der Waals surface area (Å²) >= 11 is 1.90. The molecule has 1 aromatic rings. The zero-order valence-electron chi connectivity index (χ0n) is 17.0. The molecule has 30 heavy (non-hydrogen) atoms. The van der Waals surface area contributed by atoms with E-state index < -0.39 is 11.9 Å². The molecule has 1 atom stereocenters. The van der Waals surface area contributed by atoms with Crippen LogP contribution >= 0.6 is 11.8 Å². The predicted molar refractivity (Wildman–Crippen MR) is 114 cm³/mol. The summed E-state index contributed by atoms with van der Waals surface area (Å²) in [5.74, 6) is -1.25. The standard InChI is InChI=1S/C17H24N2O2S.C4H4O4/c1-14(20)19(8-7-18-9-11-21-12-10-18)16-6-13-22-17-5-3-2-4-15(16)17;5-3(6)1-2-4(7)8/h2-5,16H,6-13H2,1H3;1-2H,(H,5,6)(H,7,8). The number of aliphatic carboxylic acids is 2. The molecule has 2 aliphatic heterocycles. The van der Waals surface area contributed by atoms with E-state index in [0.29, 0.717) is 12.2 Å². The number of carboxylic acids is 2. The molecule has 0 aromatic heterocycles. The molecule has 0 bridgehead atoms. The van der Waals surface area contributed by atoms with E-state index in [2.05, 4.69) is 34.1 Å². The molecule has 0 saturated carbocycles. The van der Waals surface area contributed by atoms with Crippen molar-refractivity contribution in [2.45, 2.75) is 24.3 Å². The van der Waals surface area contributed by atoms with Crippen LogP contribution in [0.25, 0.3) is 0 Å². The summed E-state index contributed by atoms with van der Waals surface area (Å²) in [5, 5.41) is 15.6. The summed E-state index contributed by atoms with van der Waals surface area (Å²) in [6.07, 6.45) is 2.16. The van der Waals surface area contributed by atoms with Gasteiger partial charge in [-0.25, -0.2) is 9.59 Å². The van der Waals surface area contributed by atoms with E-state index in [1.807, 2.05) is 11.8 Å². The number of amides is 1.